The normalized spacial score (nSPS) is 12.4. The third-order valence-corrected chi connectivity index (χ3v) is 6.10. The fourth-order valence-corrected chi connectivity index (χ4v) is 3.96. The number of aromatic nitrogens is 1. The number of aryl methyl sites for hydroxylation is 1. The molecule has 0 bridgehead atoms. The molecule has 196 valence electrons. The van der Waals surface area contributed by atoms with Gasteiger partial charge in [-0.05, 0) is 79.9 Å². The molecule has 0 saturated heterocycles. The third-order valence-electron chi connectivity index (χ3n) is 6.10. The fraction of sp³-hybridized carbons (Fsp3) is 0.259. The summed E-state index contributed by atoms with van der Waals surface area (Å²) in [5.74, 6) is -1.26. The summed E-state index contributed by atoms with van der Waals surface area (Å²) in [7, 11) is 1.34. The average molecular weight is 524 g/mol. The Balaban J connectivity index is 2.16. The van der Waals surface area contributed by atoms with Gasteiger partial charge in [0.05, 0.1) is 34.1 Å². The molecule has 3 aromatic rings. The van der Waals surface area contributed by atoms with Gasteiger partial charge >= 0.3 is 12.4 Å². The molecule has 0 aliphatic heterocycles. The summed E-state index contributed by atoms with van der Waals surface area (Å²) in [6.07, 6.45) is -7.31. The van der Waals surface area contributed by atoms with Gasteiger partial charge in [0.25, 0.3) is 0 Å². The number of likely N-dealkylation sites (N-methyl/N-ethyl adjacent to an activating group) is 1. The van der Waals surface area contributed by atoms with Crippen LogP contribution in [0.15, 0.2) is 55.2 Å². The second-order valence-corrected chi connectivity index (χ2v) is 9.07. The van der Waals surface area contributed by atoms with Crippen molar-refractivity contribution in [3.63, 3.8) is 0 Å². The lowest BCUT2D eigenvalue weighted by molar-refractivity contribution is -0.143. The molecule has 1 heterocycles. The summed E-state index contributed by atoms with van der Waals surface area (Å²) in [5, 5.41) is 0. The minimum atomic E-state index is -5.06. The highest BCUT2D eigenvalue weighted by atomic mass is 19.4. The van der Waals surface area contributed by atoms with Gasteiger partial charge in [0.1, 0.15) is 5.82 Å². The summed E-state index contributed by atoms with van der Waals surface area (Å²) in [6.45, 7) is 7.81. The Labute approximate surface area is 209 Å². The standard InChI is InChI=1S/C27H23F7N2O/c1-6-20-13-22(21-8-7-19(28)9-15(21)2)23(14-35-20)36(5)24(37)25(3,4)16-10-17(26(29,30)31)12-18(11-16)27(32,33)34/h6-14H,1H2,2-5H3. The first-order valence-electron chi connectivity index (χ1n) is 10.9. The van der Waals surface area contributed by atoms with Gasteiger partial charge in [0, 0.05) is 12.6 Å². The number of halogens is 7. The molecular weight excluding hydrogens is 501 g/mol. The molecule has 0 aliphatic rings. The van der Waals surface area contributed by atoms with Gasteiger partial charge in [-0.3, -0.25) is 9.78 Å². The van der Waals surface area contributed by atoms with Gasteiger partial charge in [0.15, 0.2) is 0 Å². The Morgan fingerprint density at radius 2 is 1.43 bits per heavy atom. The Morgan fingerprint density at radius 3 is 1.92 bits per heavy atom. The van der Waals surface area contributed by atoms with Gasteiger partial charge in [-0.25, -0.2) is 4.39 Å². The van der Waals surface area contributed by atoms with Gasteiger partial charge in [0.2, 0.25) is 5.91 Å². The largest absolute Gasteiger partial charge is 0.416 e. The van der Waals surface area contributed by atoms with Crippen molar-refractivity contribution in [2.45, 2.75) is 38.5 Å². The van der Waals surface area contributed by atoms with Crippen molar-refractivity contribution >= 4 is 17.7 Å². The van der Waals surface area contributed by atoms with E-state index in [1.54, 1.807) is 13.0 Å². The van der Waals surface area contributed by atoms with Gasteiger partial charge in [-0.1, -0.05) is 12.6 Å². The molecule has 0 aliphatic carbocycles. The number of alkyl halides is 6. The average Bonchev–Trinajstić information content (AvgIpc) is 2.81. The molecule has 0 atom stereocenters. The van der Waals surface area contributed by atoms with Crippen LogP contribution in [0.5, 0.6) is 0 Å². The summed E-state index contributed by atoms with van der Waals surface area (Å²) in [4.78, 5) is 18.9. The van der Waals surface area contributed by atoms with Crippen LogP contribution in [0.3, 0.4) is 0 Å². The van der Waals surface area contributed by atoms with E-state index in [4.69, 9.17) is 0 Å². The van der Waals surface area contributed by atoms with E-state index in [1.165, 1.54) is 51.4 Å². The number of rotatable bonds is 5. The Bertz CT molecular complexity index is 1330. The third kappa shape index (κ3) is 5.68. The van der Waals surface area contributed by atoms with Crippen molar-refractivity contribution in [3.8, 4) is 11.1 Å². The lowest BCUT2D eigenvalue weighted by Crippen LogP contribution is -2.42. The van der Waals surface area contributed by atoms with Crippen LogP contribution in [0.2, 0.25) is 0 Å². The molecule has 0 saturated carbocycles. The number of pyridine rings is 1. The lowest BCUT2D eigenvalue weighted by atomic mass is 9.81. The number of hydrogen-bond acceptors (Lipinski definition) is 2. The Hall–Kier alpha value is -3.69. The summed E-state index contributed by atoms with van der Waals surface area (Å²) >= 11 is 0. The van der Waals surface area contributed by atoms with Gasteiger partial charge in [-0.2, -0.15) is 26.3 Å². The zero-order valence-corrected chi connectivity index (χ0v) is 20.4. The van der Waals surface area contributed by atoms with E-state index in [0.29, 0.717) is 34.5 Å². The molecule has 0 fully saturated rings. The predicted octanol–water partition coefficient (Wildman–Crippen LogP) is 7.82. The SMILES string of the molecule is C=Cc1cc(-c2ccc(F)cc2C)c(N(C)C(=O)C(C)(C)c2cc(C(F)(F)F)cc(C(F)(F)F)c2)cn1. The molecule has 0 N–H and O–H groups in total. The summed E-state index contributed by atoms with van der Waals surface area (Å²) in [5.41, 5.74) is -3.08. The fourth-order valence-electron chi connectivity index (χ4n) is 3.96. The highest BCUT2D eigenvalue weighted by molar-refractivity contribution is 6.03. The number of nitrogens with zero attached hydrogens (tertiary/aromatic N) is 2. The highest BCUT2D eigenvalue weighted by Crippen LogP contribution is 2.41. The van der Waals surface area contributed by atoms with Crippen LogP contribution in [0.4, 0.5) is 36.4 Å². The second kappa shape index (κ2) is 9.64. The molecule has 2 aromatic carbocycles. The van der Waals surface area contributed by atoms with E-state index < -0.39 is 46.2 Å². The number of hydrogen-bond donors (Lipinski definition) is 0. The minimum absolute atomic E-state index is 0.0150. The first-order valence-corrected chi connectivity index (χ1v) is 10.9. The van der Waals surface area contributed by atoms with E-state index in [2.05, 4.69) is 11.6 Å². The van der Waals surface area contributed by atoms with Crippen LogP contribution in [0, 0.1) is 12.7 Å². The van der Waals surface area contributed by atoms with E-state index in [1.807, 2.05) is 0 Å². The van der Waals surface area contributed by atoms with Crippen molar-refractivity contribution in [1.82, 2.24) is 4.98 Å². The van der Waals surface area contributed by atoms with Crippen molar-refractivity contribution in [1.29, 1.82) is 0 Å². The quantitative estimate of drug-likeness (QED) is 0.319. The molecule has 0 spiro atoms. The molecule has 0 unspecified atom stereocenters. The maximum atomic E-state index is 13.7. The number of carbonyl (C=O) groups is 1. The number of benzene rings is 2. The molecule has 0 radical (unpaired) electrons. The second-order valence-electron chi connectivity index (χ2n) is 9.07. The first-order chi connectivity index (χ1) is 17.0. The smallest absolute Gasteiger partial charge is 0.313 e. The van der Waals surface area contributed by atoms with Crippen molar-refractivity contribution in [2.24, 2.45) is 0 Å². The molecule has 1 amide bonds. The molecule has 3 rings (SSSR count). The van der Waals surface area contributed by atoms with E-state index in [-0.39, 0.29) is 11.8 Å². The van der Waals surface area contributed by atoms with E-state index in [9.17, 15) is 35.5 Å². The summed E-state index contributed by atoms with van der Waals surface area (Å²) < 4.78 is 94.2. The zero-order chi connectivity index (χ0) is 27.9. The number of anilines is 1. The number of amides is 1. The van der Waals surface area contributed by atoms with Crippen molar-refractivity contribution in [3.05, 3.63) is 89.0 Å². The maximum absolute atomic E-state index is 13.7. The topological polar surface area (TPSA) is 33.2 Å². The Morgan fingerprint density at radius 1 is 0.892 bits per heavy atom. The molecule has 10 heteroatoms. The number of carbonyl (C=O) groups excluding carboxylic acids is 1. The van der Waals surface area contributed by atoms with Crippen LogP contribution in [-0.2, 0) is 22.6 Å². The van der Waals surface area contributed by atoms with Crippen LogP contribution in [0.1, 0.15) is 41.8 Å². The van der Waals surface area contributed by atoms with Crippen LogP contribution < -0.4 is 4.90 Å². The zero-order valence-electron chi connectivity index (χ0n) is 20.4. The molecular formula is C27H23F7N2O. The summed E-state index contributed by atoms with van der Waals surface area (Å²) in [6, 6.07) is 6.73. The van der Waals surface area contributed by atoms with Crippen LogP contribution in [0.25, 0.3) is 17.2 Å². The van der Waals surface area contributed by atoms with Crippen molar-refractivity contribution in [2.75, 3.05) is 11.9 Å². The first kappa shape index (κ1) is 27.9. The van der Waals surface area contributed by atoms with Crippen LogP contribution in [-0.4, -0.2) is 17.9 Å². The Kier molecular flexibility index (Phi) is 7.27. The van der Waals surface area contributed by atoms with Crippen molar-refractivity contribution < 1.29 is 35.5 Å². The minimum Gasteiger partial charge on any atom is -0.313 e. The van der Waals surface area contributed by atoms with E-state index >= 15 is 0 Å². The van der Waals surface area contributed by atoms with E-state index in [0.717, 1.165) is 4.90 Å². The predicted molar refractivity (Wildman–Crippen MR) is 127 cm³/mol. The lowest BCUT2D eigenvalue weighted by Gasteiger charge is -2.32. The van der Waals surface area contributed by atoms with Gasteiger partial charge < -0.3 is 4.90 Å². The highest BCUT2D eigenvalue weighted by Gasteiger charge is 2.41. The monoisotopic (exact) mass is 524 g/mol. The molecule has 3 nitrogen and oxygen atoms in total. The van der Waals surface area contributed by atoms with Gasteiger partial charge in [-0.15, -0.1) is 0 Å². The molecule has 1 aromatic heterocycles. The maximum Gasteiger partial charge on any atom is 0.416 e. The van der Waals surface area contributed by atoms with Crippen LogP contribution >= 0.6 is 0 Å². The molecule has 37 heavy (non-hydrogen) atoms.